The van der Waals surface area contributed by atoms with E-state index < -0.39 is 5.97 Å². The van der Waals surface area contributed by atoms with Gasteiger partial charge in [0.1, 0.15) is 24.7 Å². The van der Waals surface area contributed by atoms with Gasteiger partial charge in [0.25, 0.3) is 0 Å². The topological polar surface area (TPSA) is 96.8 Å². The number of hydrogen-bond acceptors (Lipinski definition) is 6. The second-order valence-corrected chi connectivity index (χ2v) is 17.4. The Hall–Kier alpha value is -3.15. The van der Waals surface area contributed by atoms with Crippen molar-refractivity contribution < 1.29 is 19.0 Å². The largest absolute Gasteiger partial charge is 0.490 e. The van der Waals surface area contributed by atoms with Crippen LogP contribution in [0.1, 0.15) is 117 Å². The van der Waals surface area contributed by atoms with Crippen LogP contribution in [-0.4, -0.2) is 25.3 Å². The van der Waals surface area contributed by atoms with Crippen LogP contribution in [0, 0.1) is 52.3 Å². The standard InChI is InChI=1S/C44H64N2O4/c1-29(2)7-6-8-30(3)37-17-18-38-36-16-12-32-27-35(21-23-43(32,4)39(36)22-24-44(37,38)5)50-34-14-9-31(10-15-34)11-20-42(47)49-26-25-48-41-19-13-33(45)28-40(41)46/h9-11,13-15,19-20,28-30,32,35-39H,6-8,12,16-18,21-27,45-46H2,1-5H3/t30-,32?,35?,36+,37-,38+,39+,43+,44-/m1/s1. The number of nitrogen functional groups attached to an aromatic ring is 2. The van der Waals surface area contributed by atoms with Gasteiger partial charge in [-0.05, 0) is 152 Å². The van der Waals surface area contributed by atoms with Crippen LogP contribution in [0.5, 0.6) is 11.5 Å². The first-order valence-electron chi connectivity index (χ1n) is 19.9. The molecule has 9 atom stereocenters. The Kier molecular flexibility index (Phi) is 11.4. The van der Waals surface area contributed by atoms with Crippen molar-refractivity contribution in [2.45, 2.75) is 118 Å². The van der Waals surface area contributed by atoms with Crippen molar-refractivity contribution in [1.82, 2.24) is 0 Å². The minimum atomic E-state index is -0.416. The van der Waals surface area contributed by atoms with Gasteiger partial charge >= 0.3 is 5.97 Å². The third-order valence-corrected chi connectivity index (χ3v) is 14.0. The van der Waals surface area contributed by atoms with Gasteiger partial charge in [0, 0.05) is 11.8 Å². The van der Waals surface area contributed by atoms with E-state index in [0.29, 0.717) is 28.0 Å². The van der Waals surface area contributed by atoms with Crippen molar-refractivity contribution in [3.63, 3.8) is 0 Å². The van der Waals surface area contributed by atoms with Gasteiger partial charge in [-0.15, -0.1) is 0 Å². The predicted octanol–water partition coefficient (Wildman–Crippen LogP) is 10.4. The second-order valence-electron chi connectivity index (χ2n) is 17.4. The van der Waals surface area contributed by atoms with Gasteiger partial charge in [-0.25, -0.2) is 4.79 Å². The number of benzene rings is 2. The van der Waals surface area contributed by atoms with Gasteiger partial charge in [-0.1, -0.05) is 66.0 Å². The maximum atomic E-state index is 12.2. The van der Waals surface area contributed by atoms with Crippen molar-refractivity contribution in [2.24, 2.45) is 52.3 Å². The number of carbonyl (C=O) groups excluding carboxylic acids is 1. The summed E-state index contributed by atoms with van der Waals surface area (Å²) in [7, 11) is 0. The minimum Gasteiger partial charge on any atom is -0.490 e. The maximum absolute atomic E-state index is 12.2. The molecule has 2 aromatic rings. The molecule has 0 aromatic heterocycles. The summed E-state index contributed by atoms with van der Waals surface area (Å²) in [6, 6.07) is 13.1. The highest BCUT2D eigenvalue weighted by Gasteiger charge is 2.60. The molecule has 4 fully saturated rings. The summed E-state index contributed by atoms with van der Waals surface area (Å²) in [6.07, 6.45) is 20.0. The summed E-state index contributed by atoms with van der Waals surface area (Å²) in [5.74, 6) is 7.18. The van der Waals surface area contributed by atoms with Gasteiger partial charge < -0.3 is 25.7 Å². The predicted molar refractivity (Wildman–Crippen MR) is 205 cm³/mol. The Bertz CT molecular complexity index is 1470. The molecule has 0 saturated heterocycles. The third kappa shape index (κ3) is 8.00. The van der Waals surface area contributed by atoms with Crippen molar-refractivity contribution >= 4 is 23.4 Å². The average Bonchev–Trinajstić information content (AvgIpc) is 3.44. The Balaban J connectivity index is 0.958. The molecule has 4 N–H and O–H groups in total. The first kappa shape index (κ1) is 36.6. The van der Waals surface area contributed by atoms with Gasteiger partial charge in [0.15, 0.2) is 0 Å². The molecule has 6 rings (SSSR count). The number of rotatable bonds is 13. The van der Waals surface area contributed by atoms with Crippen LogP contribution in [-0.2, 0) is 9.53 Å². The molecule has 4 aliphatic rings. The van der Waals surface area contributed by atoms with Crippen molar-refractivity contribution in [1.29, 1.82) is 0 Å². The number of hydrogen-bond donors (Lipinski definition) is 2. The molecule has 4 aliphatic carbocycles. The van der Waals surface area contributed by atoms with Gasteiger partial charge in [0.05, 0.1) is 11.8 Å². The first-order valence-corrected chi connectivity index (χ1v) is 19.9. The fourth-order valence-electron chi connectivity index (χ4n) is 11.4. The van der Waals surface area contributed by atoms with Crippen LogP contribution in [0.25, 0.3) is 6.08 Å². The lowest BCUT2D eigenvalue weighted by Gasteiger charge is -2.61. The lowest BCUT2D eigenvalue weighted by molar-refractivity contribution is -0.138. The van der Waals surface area contributed by atoms with Crippen LogP contribution in [0.4, 0.5) is 11.4 Å². The fourth-order valence-corrected chi connectivity index (χ4v) is 11.4. The Morgan fingerprint density at radius 3 is 2.40 bits per heavy atom. The Morgan fingerprint density at radius 2 is 1.64 bits per heavy atom. The summed E-state index contributed by atoms with van der Waals surface area (Å²) in [5.41, 5.74) is 14.6. The van der Waals surface area contributed by atoms with Crippen LogP contribution in [0.15, 0.2) is 48.5 Å². The molecule has 2 unspecified atom stereocenters. The van der Waals surface area contributed by atoms with E-state index in [-0.39, 0.29) is 19.3 Å². The number of carbonyl (C=O) groups is 1. The SMILES string of the molecule is CC(C)CCC[C@@H](C)[C@H]1CC[C@H]2[C@@H]3CCC4CC(Oc5ccc(C=CC(=O)OCCOc6ccc(N)cc6N)cc5)CC[C@]4(C)[C@H]3CC[C@]12C. The van der Waals surface area contributed by atoms with Crippen LogP contribution in [0.2, 0.25) is 0 Å². The number of ether oxygens (including phenoxy) is 3. The van der Waals surface area contributed by atoms with Crippen LogP contribution >= 0.6 is 0 Å². The molecule has 0 bridgehead atoms. The molecule has 274 valence electrons. The molecule has 0 amide bonds. The third-order valence-electron chi connectivity index (χ3n) is 14.0. The number of fused-ring (bicyclic) bond motifs is 5. The Labute approximate surface area is 302 Å². The van der Waals surface area contributed by atoms with Crippen molar-refractivity contribution in [3.05, 3.63) is 54.1 Å². The molecule has 0 aliphatic heterocycles. The molecular formula is C44H64N2O4. The summed E-state index contributed by atoms with van der Waals surface area (Å²) in [5, 5.41) is 0. The highest BCUT2D eigenvalue weighted by atomic mass is 16.6. The van der Waals surface area contributed by atoms with E-state index in [4.69, 9.17) is 25.7 Å². The summed E-state index contributed by atoms with van der Waals surface area (Å²) >= 11 is 0. The molecule has 6 nitrogen and oxygen atoms in total. The lowest BCUT2D eigenvalue weighted by Crippen LogP contribution is -2.54. The molecule has 50 heavy (non-hydrogen) atoms. The zero-order valence-corrected chi connectivity index (χ0v) is 31.5. The highest BCUT2D eigenvalue weighted by Crippen LogP contribution is 2.68. The van der Waals surface area contributed by atoms with E-state index in [1.165, 1.54) is 76.7 Å². The van der Waals surface area contributed by atoms with Gasteiger partial charge in [0.2, 0.25) is 0 Å². The minimum absolute atomic E-state index is 0.126. The Morgan fingerprint density at radius 1 is 0.880 bits per heavy atom. The molecule has 4 saturated carbocycles. The maximum Gasteiger partial charge on any atom is 0.330 e. The normalized spacial score (nSPS) is 32.6. The highest BCUT2D eigenvalue weighted by molar-refractivity contribution is 5.87. The van der Waals surface area contributed by atoms with Gasteiger partial charge in [-0.2, -0.15) is 0 Å². The summed E-state index contributed by atoms with van der Waals surface area (Å²) < 4.78 is 17.5. The summed E-state index contributed by atoms with van der Waals surface area (Å²) in [6.45, 7) is 13.1. The molecule has 0 heterocycles. The van der Waals surface area contributed by atoms with E-state index in [0.717, 1.165) is 59.2 Å². The zero-order valence-electron chi connectivity index (χ0n) is 31.5. The van der Waals surface area contributed by atoms with E-state index in [1.807, 2.05) is 24.3 Å². The lowest BCUT2D eigenvalue weighted by atomic mass is 9.44. The molecule has 0 spiro atoms. The number of esters is 1. The van der Waals surface area contributed by atoms with Crippen molar-refractivity contribution in [2.75, 3.05) is 24.7 Å². The van der Waals surface area contributed by atoms with E-state index >= 15 is 0 Å². The molecule has 6 heteroatoms. The summed E-state index contributed by atoms with van der Waals surface area (Å²) in [4.78, 5) is 12.2. The van der Waals surface area contributed by atoms with Crippen molar-refractivity contribution in [3.8, 4) is 11.5 Å². The van der Waals surface area contributed by atoms with Crippen LogP contribution < -0.4 is 20.9 Å². The second kappa shape index (κ2) is 15.6. The first-order chi connectivity index (χ1) is 24.0. The number of nitrogens with two attached hydrogens (primary N) is 2. The monoisotopic (exact) mass is 684 g/mol. The quantitative estimate of drug-likeness (QED) is 0.0943. The van der Waals surface area contributed by atoms with E-state index in [2.05, 4.69) is 34.6 Å². The zero-order chi connectivity index (χ0) is 35.5. The van der Waals surface area contributed by atoms with Crippen LogP contribution in [0.3, 0.4) is 0 Å². The fraction of sp³-hybridized carbons (Fsp3) is 0.659. The molecule has 0 radical (unpaired) electrons. The average molecular weight is 685 g/mol. The smallest absolute Gasteiger partial charge is 0.330 e. The van der Waals surface area contributed by atoms with E-state index in [9.17, 15) is 4.79 Å². The number of anilines is 2. The molecule has 2 aromatic carbocycles. The molecular weight excluding hydrogens is 620 g/mol. The van der Waals surface area contributed by atoms with E-state index in [1.54, 1.807) is 24.3 Å². The van der Waals surface area contributed by atoms with Gasteiger partial charge in [-0.3, -0.25) is 0 Å².